The van der Waals surface area contributed by atoms with Gasteiger partial charge in [0.15, 0.2) is 5.82 Å². The van der Waals surface area contributed by atoms with Gasteiger partial charge in [0.2, 0.25) is 11.1 Å². The van der Waals surface area contributed by atoms with Crippen LogP contribution >= 0.6 is 11.8 Å². The van der Waals surface area contributed by atoms with Gasteiger partial charge in [-0.05, 0) is 61.7 Å². The smallest absolute Gasteiger partial charge is 0.235 e. The number of nitrogen functional groups attached to an aromatic ring is 1. The standard InChI is InChI=1S/C22H26FN5O2S/c1-14-8-15(2)10-19(9-14)30-13-20-25-26-22(28(20)24)31-16(3)21(29)27(4)12-17-6-5-7-18(23)11-17/h5-11,16H,12-13,24H2,1-4H3. The molecule has 0 radical (unpaired) electrons. The van der Waals surface area contributed by atoms with Crippen molar-refractivity contribution < 1.29 is 13.9 Å². The topological polar surface area (TPSA) is 86.3 Å². The maximum Gasteiger partial charge on any atom is 0.235 e. The maximum atomic E-state index is 13.4. The van der Waals surface area contributed by atoms with Crippen molar-refractivity contribution in [1.29, 1.82) is 0 Å². The zero-order chi connectivity index (χ0) is 22.5. The second-order valence-corrected chi connectivity index (χ2v) is 8.77. The molecule has 0 aliphatic heterocycles. The van der Waals surface area contributed by atoms with E-state index in [1.807, 2.05) is 26.0 Å². The molecule has 0 aliphatic rings. The average molecular weight is 444 g/mol. The molecule has 1 aromatic heterocycles. The van der Waals surface area contributed by atoms with E-state index < -0.39 is 5.25 Å². The minimum atomic E-state index is -0.446. The molecule has 164 valence electrons. The Morgan fingerprint density at radius 2 is 1.94 bits per heavy atom. The number of aromatic nitrogens is 3. The molecular weight excluding hydrogens is 417 g/mol. The van der Waals surface area contributed by atoms with Gasteiger partial charge in [-0.1, -0.05) is 30.0 Å². The van der Waals surface area contributed by atoms with Gasteiger partial charge < -0.3 is 15.5 Å². The first-order valence-corrected chi connectivity index (χ1v) is 10.7. The fraction of sp³-hybridized carbons (Fsp3) is 0.318. The average Bonchev–Trinajstić information content (AvgIpc) is 3.04. The summed E-state index contributed by atoms with van der Waals surface area (Å²) in [6, 6.07) is 12.1. The molecule has 31 heavy (non-hydrogen) atoms. The van der Waals surface area contributed by atoms with Crippen LogP contribution in [-0.4, -0.2) is 38.0 Å². The second-order valence-electron chi connectivity index (χ2n) is 7.47. The first-order valence-electron chi connectivity index (χ1n) is 9.79. The molecule has 1 heterocycles. The van der Waals surface area contributed by atoms with Crippen molar-refractivity contribution in [2.45, 2.75) is 44.3 Å². The Kier molecular flexibility index (Phi) is 7.17. The summed E-state index contributed by atoms with van der Waals surface area (Å²) in [5.41, 5.74) is 2.94. The highest BCUT2D eigenvalue weighted by molar-refractivity contribution is 8.00. The quantitative estimate of drug-likeness (QED) is 0.424. The summed E-state index contributed by atoms with van der Waals surface area (Å²) in [7, 11) is 1.68. The number of nitrogens with two attached hydrogens (primary N) is 1. The van der Waals surface area contributed by atoms with Crippen molar-refractivity contribution in [3.63, 3.8) is 0 Å². The number of amides is 1. The molecule has 0 saturated heterocycles. The Hall–Kier alpha value is -3.07. The number of thioether (sulfide) groups is 1. The van der Waals surface area contributed by atoms with Crippen molar-refractivity contribution in [3.05, 3.63) is 70.8 Å². The summed E-state index contributed by atoms with van der Waals surface area (Å²) in [4.78, 5) is 14.3. The van der Waals surface area contributed by atoms with Gasteiger partial charge in [-0.2, -0.15) is 0 Å². The Labute approximate surface area is 185 Å². The lowest BCUT2D eigenvalue weighted by molar-refractivity contribution is -0.129. The molecule has 1 unspecified atom stereocenters. The first-order chi connectivity index (χ1) is 14.7. The van der Waals surface area contributed by atoms with Crippen molar-refractivity contribution in [1.82, 2.24) is 19.8 Å². The van der Waals surface area contributed by atoms with Crippen molar-refractivity contribution >= 4 is 17.7 Å². The van der Waals surface area contributed by atoms with E-state index >= 15 is 0 Å². The summed E-state index contributed by atoms with van der Waals surface area (Å²) in [6.07, 6.45) is 0. The summed E-state index contributed by atoms with van der Waals surface area (Å²) in [5, 5.41) is 8.15. The molecule has 2 N–H and O–H groups in total. The number of carbonyl (C=O) groups excluding carboxylic acids is 1. The zero-order valence-electron chi connectivity index (χ0n) is 18.0. The number of ether oxygens (including phenoxy) is 1. The Bertz CT molecular complexity index is 1050. The number of hydrogen-bond donors (Lipinski definition) is 1. The third kappa shape index (κ3) is 5.97. The number of halogens is 1. The molecule has 0 saturated carbocycles. The molecule has 1 amide bonds. The zero-order valence-corrected chi connectivity index (χ0v) is 18.8. The Balaban J connectivity index is 1.59. The largest absolute Gasteiger partial charge is 0.486 e. The van der Waals surface area contributed by atoms with Crippen LogP contribution in [0.15, 0.2) is 47.6 Å². The molecule has 0 spiro atoms. The predicted molar refractivity (Wildman–Crippen MR) is 119 cm³/mol. The second kappa shape index (κ2) is 9.82. The summed E-state index contributed by atoms with van der Waals surface area (Å²) < 4.78 is 20.5. The number of carbonyl (C=O) groups is 1. The number of aryl methyl sites for hydroxylation is 2. The van der Waals surface area contributed by atoms with Gasteiger partial charge in [0.05, 0.1) is 5.25 Å². The van der Waals surface area contributed by atoms with Gasteiger partial charge in [-0.25, -0.2) is 9.07 Å². The van der Waals surface area contributed by atoms with Crippen LogP contribution in [0.5, 0.6) is 5.75 Å². The highest BCUT2D eigenvalue weighted by Gasteiger charge is 2.22. The molecule has 3 rings (SSSR count). The number of rotatable bonds is 8. The van der Waals surface area contributed by atoms with Crippen LogP contribution in [0.2, 0.25) is 0 Å². The first kappa shape index (κ1) is 22.6. The summed E-state index contributed by atoms with van der Waals surface area (Å²) in [6.45, 7) is 6.25. The highest BCUT2D eigenvalue weighted by Crippen LogP contribution is 2.23. The predicted octanol–water partition coefficient (Wildman–Crippen LogP) is 3.47. The van der Waals surface area contributed by atoms with Crippen LogP contribution in [-0.2, 0) is 17.9 Å². The van der Waals surface area contributed by atoms with Gasteiger partial charge >= 0.3 is 0 Å². The van der Waals surface area contributed by atoms with E-state index in [0.717, 1.165) is 22.4 Å². The number of benzene rings is 2. The van der Waals surface area contributed by atoms with Gasteiger partial charge in [-0.3, -0.25) is 4.79 Å². The Morgan fingerprint density at radius 1 is 1.23 bits per heavy atom. The van der Waals surface area contributed by atoms with Crippen molar-refractivity contribution in [2.24, 2.45) is 0 Å². The summed E-state index contributed by atoms with van der Waals surface area (Å²) >= 11 is 1.21. The van der Waals surface area contributed by atoms with Gasteiger partial charge in [0, 0.05) is 13.6 Å². The molecule has 2 aromatic carbocycles. The molecule has 3 aromatic rings. The number of nitrogens with zero attached hydrogens (tertiary/aromatic N) is 4. The van der Waals surface area contributed by atoms with Gasteiger partial charge in [0.1, 0.15) is 18.2 Å². The minimum absolute atomic E-state index is 0.120. The molecule has 9 heteroatoms. The van der Waals surface area contributed by atoms with E-state index in [-0.39, 0.29) is 18.3 Å². The fourth-order valence-electron chi connectivity index (χ4n) is 3.16. The highest BCUT2D eigenvalue weighted by atomic mass is 32.2. The third-order valence-corrected chi connectivity index (χ3v) is 5.66. The van der Waals surface area contributed by atoms with Gasteiger partial charge in [-0.15, -0.1) is 10.2 Å². The van der Waals surface area contributed by atoms with Crippen LogP contribution < -0.4 is 10.6 Å². The third-order valence-electron chi connectivity index (χ3n) is 4.61. The normalized spacial score (nSPS) is 11.9. The minimum Gasteiger partial charge on any atom is -0.486 e. The van der Waals surface area contributed by atoms with Crippen LogP contribution in [0.25, 0.3) is 0 Å². The van der Waals surface area contributed by atoms with Gasteiger partial charge in [0.25, 0.3) is 0 Å². The molecule has 0 fully saturated rings. The van der Waals surface area contributed by atoms with Crippen LogP contribution in [0.1, 0.15) is 29.4 Å². The molecule has 0 bridgehead atoms. The monoisotopic (exact) mass is 443 g/mol. The molecule has 7 nitrogen and oxygen atoms in total. The van der Waals surface area contributed by atoms with E-state index in [1.54, 1.807) is 31.0 Å². The van der Waals surface area contributed by atoms with E-state index in [1.165, 1.54) is 28.6 Å². The van der Waals surface area contributed by atoms with E-state index in [0.29, 0.717) is 17.5 Å². The lowest BCUT2D eigenvalue weighted by atomic mass is 10.1. The van der Waals surface area contributed by atoms with Crippen molar-refractivity contribution in [3.8, 4) is 5.75 Å². The summed E-state index contributed by atoms with van der Waals surface area (Å²) in [5.74, 6) is 6.86. The molecule has 0 aliphatic carbocycles. The van der Waals surface area contributed by atoms with Crippen LogP contribution in [0.4, 0.5) is 4.39 Å². The van der Waals surface area contributed by atoms with E-state index in [2.05, 4.69) is 16.3 Å². The van der Waals surface area contributed by atoms with E-state index in [9.17, 15) is 9.18 Å². The SMILES string of the molecule is Cc1cc(C)cc(OCc2nnc(SC(C)C(=O)N(C)Cc3cccc(F)c3)n2N)c1. The van der Waals surface area contributed by atoms with E-state index in [4.69, 9.17) is 10.6 Å². The molecule has 1 atom stereocenters. The Morgan fingerprint density at radius 3 is 2.61 bits per heavy atom. The van der Waals surface area contributed by atoms with Crippen molar-refractivity contribution in [2.75, 3.05) is 12.9 Å². The molecular formula is C22H26FN5O2S. The lowest BCUT2D eigenvalue weighted by Crippen LogP contribution is -2.33. The number of hydrogen-bond acceptors (Lipinski definition) is 6. The van der Waals surface area contributed by atoms with Crippen LogP contribution in [0.3, 0.4) is 0 Å². The fourth-order valence-corrected chi connectivity index (χ4v) is 4.06. The van der Waals surface area contributed by atoms with Crippen LogP contribution in [0, 0.1) is 19.7 Å². The lowest BCUT2D eigenvalue weighted by Gasteiger charge is -2.21. The maximum absolute atomic E-state index is 13.4.